The van der Waals surface area contributed by atoms with E-state index >= 15 is 0 Å². The van der Waals surface area contributed by atoms with Gasteiger partial charge in [-0.05, 0) is 25.0 Å². The smallest absolute Gasteiger partial charge is 0.172 e. The van der Waals surface area contributed by atoms with Gasteiger partial charge in [-0.1, -0.05) is 6.42 Å². The largest absolute Gasteiger partial charge is 0.496 e. The molecule has 17 heavy (non-hydrogen) atoms. The van der Waals surface area contributed by atoms with Crippen molar-refractivity contribution in [1.29, 1.82) is 0 Å². The highest BCUT2D eigenvalue weighted by Gasteiger charge is 2.42. The van der Waals surface area contributed by atoms with E-state index in [9.17, 15) is 4.39 Å². The molecule has 94 valence electrons. The van der Waals surface area contributed by atoms with Crippen LogP contribution in [0.1, 0.15) is 24.8 Å². The van der Waals surface area contributed by atoms with Crippen LogP contribution < -0.4 is 15.2 Å². The predicted octanol–water partition coefficient (Wildman–Crippen LogP) is 2.22. The molecule has 1 aromatic rings. The van der Waals surface area contributed by atoms with Crippen molar-refractivity contribution < 1.29 is 13.9 Å². The number of nitrogens with two attached hydrogens (primary N) is 1. The van der Waals surface area contributed by atoms with Crippen LogP contribution in [0.2, 0.25) is 0 Å². The molecule has 1 fully saturated rings. The van der Waals surface area contributed by atoms with Crippen LogP contribution in [-0.4, -0.2) is 20.8 Å². The van der Waals surface area contributed by atoms with Crippen LogP contribution in [0.3, 0.4) is 0 Å². The Morgan fingerprint density at radius 3 is 2.24 bits per heavy atom. The van der Waals surface area contributed by atoms with E-state index in [1.54, 1.807) is 19.2 Å². The first-order valence-electron chi connectivity index (χ1n) is 5.79. The molecular formula is C13H18FNO2. The summed E-state index contributed by atoms with van der Waals surface area (Å²) in [4.78, 5) is 0. The van der Waals surface area contributed by atoms with Crippen molar-refractivity contribution in [3.63, 3.8) is 0 Å². The van der Waals surface area contributed by atoms with Gasteiger partial charge in [-0.25, -0.2) is 4.39 Å². The standard InChI is InChI=1S/C13H18FNO2/c1-16-9-4-5-10(17-2)12(14)11(9)13(8-15)6-3-7-13/h4-5H,3,6-8,15H2,1-2H3. The van der Waals surface area contributed by atoms with Gasteiger partial charge in [-0.15, -0.1) is 0 Å². The van der Waals surface area contributed by atoms with E-state index in [0.717, 1.165) is 19.3 Å². The van der Waals surface area contributed by atoms with Crippen LogP contribution in [0, 0.1) is 5.82 Å². The summed E-state index contributed by atoms with van der Waals surface area (Å²) in [6.07, 6.45) is 2.89. The van der Waals surface area contributed by atoms with Crippen molar-refractivity contribution in [1.82, 2.24) is 0 Å². The molecular weight excluding hydrogens is 221 g/mol. The number of ether oxygens (including phenoxy) is 2. The quantitative estimate of drug-likeness (QED) is 0.876. The lowest BCUT2D eigenvalue weighted by molar-refractivity contribution is 0.231. The molecule has 1 aliphatic carbocycles. The summed E-state index contributed by atoms with van der Waals surface area (Å²) in [6, 6.07) is 3.33. The number of halogens is 1. The molecule has 2 N–H and O–H groups in total. The van der Waals surface area contributed by atoms with Gasteiger partial charge in [0.25, 0.3) is 0 Å². The maximum absolute atomic E-state index is 14.4. The summed E-state index contributed by atoms with van der Waals surface area (Å²) in [5.41, 5.74) is 6.12. The van der Waals surface area contributed by atoms with Gasteiger partial charge < -0.3 is 15.2 Å². The minimum atomic E-state index is -0.336. The summed E-state index contributed by atoms with van der Waals surface area (Å²) < 4.78 is 24.6. The van der Waals surface area contributed by atoms with Gasteiger partial charge in [0.1, 0.15) is 5.75 Å². The van der Waals surface area contributed by atoms with E-state index in [-0.39, 0.29) is 17.0 Å². The Balaban J connectivity index is 2.56. The summed E-state index contributed by atoms with van der Waals surface area (Å²) in [7, 11) is 3.01. The van der Waals surface area contributed by atoms with Gasteiger partial charge in [0.15, 0.2) is 11.6 Å². The molecule has 1 saturated carbocycles. The molecule has 0 atom stereocenters. The number of rotatable bonds is 4. The average molecular weight is 239 g/mol. The van der Waals surface area contributed by atoms with Crippen molar-refractivity contribution in [2.45, 2.75) is 24.7 Å². The van der Waals surface area contributed by atoms with Crippen LogP contribution in [0.4, 0.5) is 4.39 Å². The van der Waals surface area contributed by atoms with Crippen molar-refractivity contribution >= 4 is 0 Å². The minimum Gasteiger partial charge on any atom is -0.496 e. The maximum Gasteiger partial charge on any atom is 0.172 e. The van der Waals surface area contributed by atoms with E-state index in [1.165, 1.54) is 7.11 Å². The zero-order chi connectivity index (χ0) is 12.5. The third kappa shape index (κ3) is 1.76. The Hall–Kier alpha value is -1.29. The van der Waals surface area contributed by atoms with Crippen molar-refractivity contribution in [2.75, 3.05) is 20.8 Å². The lowest BCUT2D eigenvalue weighted by atomic mass is 9.64. The van der Waals surface area contributed by atoms with Gasteiger partial charge >= 0.3 is 0 Å². The molecule has 1 aromatic carbocycles. The highest BCUT2D eigenvalue weighted by atomic mass is 19.1. The summed E-state index contributed by atoms with van der Waals surface area (Å²) in [5, 5.41) is 0. The average Bonchev–Trinajstić information content (AvgIpc) is 2.30. The Labute approximate surface area is 101 Å². The first-order chi connectivity index (χ1) is 8.18. The number of benzene rings is 1. The van der Waals surface area contributed by atoms with Crippen molar-refractivity contribution in [3.8, 4) is 11.5 Å². The van der Waals surface area contributed by atoms with Gasteiger partial charge in [0.05, 0.1) is 14.2 Å². The molecule has 0 spiro atoms. The molecule has 0 radical (unpaired) electrons. The van der Waals surface area contributed by atoms with Gasteiger partial charge in [-0.2, -0.15) is 0 Å². The highest BCUT2D eigenvalue weighted by Crippen LogP contribution is 2.48. The second-order valence-electron chi connectivity index (χ2n) is 4.50. The summed E-state index contributed by atoms with van der Waals surface area (Å²) in [5.74, 6) is 0.478. The monoisotopic (exact) mass is 239 g/mol. The maximum atomic E-state index is 14.4. The lowest BCUT2D eigenvalue weighted by Gasteiger charge is -2.42. The third-order valence-electron chi connectivity index (χ3n) is 3.74. The summed E-state index contributed by atoms with van der Waals surface area (Å²) in [6.45, 7) is 0.438. The Kier molecular flexibility index (Phi) is 3.24. The van der Waals surface area contributed by atoms with Crippen LogP contribution in [0.25, 0.3) is 0 Å². The molecule has 3 nitrogen and oxygen atoms in total. The number of methoxy groups -OCH3 is 2. The van der Waals surface area contributed by atoms with Crippen LogP contribution in [0.15, 0.2) is 12.1 Å². The van der Waals surface area contributed by atoms with Crippen LogP contribution in [0.5, 0.6) is 11.5 Å². The molecule has 0 amide bonds. The topological polar surface area (TPSA) is 44.5 Å². The van der Waals surface area contributed by atoms with Crippen LogP contribution >= 0.6 is 0 Å². The molecule has 0 bridgehead atoms. The normalized spacial score (nSPS) is 17.4. The fourth-order valence-electron chi connectivity index (χ4n) is 2.52. The molecule has 2 rings (SSSR count). The summed E-state index contributed by atoms with van der Waals surface area (Å²) >= 11 is 0. The predicted molar refractivity (Wildman–Crippen MR) is 64.1 cm³/mol. The Bertz CT molecular complexity index is 411. The molecule has 0 heterocycles. The Morgan fingerprint density at radius 2 is 1.82 bits per heavy atom. The first kappa shape index (κ1) is 12.2. The second kappa shape index (κ2) is 4.53. The van der Waals surface area contributed by atoms with Crippen molar-refractivity contribution in [3.05, 3.63) is 23.5 Å². The number of hydrogen-bond acceptors (Lipinski definition) is 3. The Morgan fingerprint density at radius 1 is 1.24 bits per heavy atom. The van der Waals surface area contributed by atoms with E-state index < -0.39 is 0 Å². The molecule has 0 aromatic heterocycles. The molecule has 0 aliphatic heterocycles. The zero-order valence-electron chi connectivity index (χ0n) is 10.3. The van der Waals surface area contributed by atoms with E-state index in [2.05, 4.69) is 0 Å². The fourth-order valence-corrected chi connectivity index (χ4v) is 2.52. The number of hydrogen-bond donors (Lipinski definition) is 1. The minimum absolute atomic E-state index is 0.250. The molecule has 0 unspecified atom stereocenters. The molecule has 1 aliphatic rings. The SMILES string of the molecule is COc1ccc(OC)c(C2(CN)CCC2)c1F. The van der Waals surface area contributed by atoms with E-state index in [0.29, 0.717) is 17.9 Å². The van der Waals surface area contributed by atoms with Crippen molar-refractivity contribution in [2.24, 2.45) is 5.73 Å². The second-order valence-corrected chi connectivity index (χ2v) is 4.50. The lowest BCUT2D eigenvalue weighted by Crippen LogP contribution is -2.42. The highest BCUT2D eigenvalue weighted by molar-refractivity contribution is 5.48. The fraction of sp³-hybridized carbons (Fsp3) is 0.538. The third-order valence-corrected chi connectivity index (χ3v) is 3.74. The van der Waals surface area contributed by atoms with Gasteiger partial charge in [0, 0.05) is 17.5 Å². The van der Waals surface area contributed by atoms with E-state index in [4.69, 9.17) is 15.2 Å². The first-order valence-corrected chi connectivity index (χ1v) is 5.79. The van der Waals surface area contributed by atoms with Gasteiger partial charge in [0.2, 0.25) is 0 Å². The zero-order valence-corrected chi connectivity index (χ0v) is 10.3. The van der Waals surface area contributed by atoms with Crippen LogP contribution in [-0.2, 0) is 5.41 Å². The molecule has 4 heteroatoms. The van der Waals surface area contributed by atoms with Gasteiger partial charge in [-0.3, -0.25) is 0 Å². The molecule has 0 saturated heterocycles. The van der Waals surface area contributed by atoms with E-state index in [1.807, 2.05) is 0 Å².